The van der Waals surface area contributed by atoms with E-state index < -0.39 is 0 Å². The Bertz CT molecular complexity index is 1430. The lowest BCUT2D eigenvalue weighted by atomic mass is 9.98. The number of hydrogen-bond acceptors (Lipinski definition) is 4. The van der Waals surface area contributed by atoms with Crippen molar-refractivity contribution in [2.24, 2.45) is 7.05 Å². The van der Waals surface area contributed by atoms with Gasteiger partial charge in [0.25, 0.3) is 5.56 Å². The molecule has 0 N–H and O–H groups in total. The van der Waals surface area contributed by atoms with E-state index in [1.54, 1.807) is 24.1 Å². The average molecular weight is 462 g/mol. The Morgan fingerprint density at radius 3 is 2.38 bits per heavy atom. The number of benzene rings is 2. The first-order valence-corrected chi connectivity index (χ1v) is 12.0. The van der Waals surface area contributed by atoms with E-state index >= 15 is 4.39 Å². The second-order valence-electron chi connectivity index (χ2n) is 9.91. The quantitative estimate of drug-likeness (QED) is 0.444. The van der Waals surface area contributed by atoms with Gasteiger partial charge >= 0.3 is 0 Å². The fourth-order valence-corrected chi connectivity index (χ4v) is 5.27. The number of aryl methyl sites for hydroxylation is 1. The molecular weight excluding hydrogens is 429 g/mol. The van der Waals surface area contributed by atoms with E-state index in [2.05, 4.69) is 28.9 Å². The van der Waals surface area contributed by atoms with Crippen molar-refractivity contribution >= 4 is 22.1 Å². The summed E-state index contributed by atoms with van der Waals surface area (Å²) in [7, 11) is 5.98. The molecule has 0 amide bonds. The molecule has 0 atom stereocenters. The zero-order valence-corrected chi connectivity index (χ0v) is 20.5. The molecule has 2 aromatic heterocycles. The molecule has 0 radical (unpaired) electrons. The van der Waals surface area contributed by atoms with Crippen LogP contribution in [0, 0.1) is 5.82 Å². The molecule has 1 fully saturated rings. The molecule has 34 heavy (non-hydrogen) atoms. The van der Waals surface area contributed by atoms with Crippen LogP contribution in [0.2, 0.25) is 0 Å². The highest BCUT2D eigenvalue weighted by molar-refractivity contribution is 5.97. The van der Waals surface area contributed by atoms with Gasteiger partial charge in [-0.05, 0) is 68.2 Å². The van der Waals surface area contributed by atoms with Crippen LogP contribution in [0.3, 0.4) is 0 Å². The maximum Gasteiger partial charge on any atom is 0.270 e. The fraction of sp³-hybridized carbons (Fsp3) is 0.407. The lowest BCUT2D eigenvalue weighted by Gasteiger charge is -2.36. The summed E-state index contributed by atoms with van der Waals surface area (Å²) in [6.07, 6.45) is 3.77. The molecule has 2 aromatic carbocycles. The zero-order chi connectivity index (χ0) is 24.1. The maximum atomic E-state index is 15.3. The van der Waals surface area contributed by atoms with E-state index in [4.69, 9.17) is 0 Å². The van der Waals surface area contributed by atoms with Crippen LogP contribution in [0.4, 0.5) is 10.1 Å². The van der Waals surface area contributed by atoms with Crippen molar-refractivity contribution in [1.29, 1.82) is 0 Å². The van der Waals surface area contributed by atoms with Crippen molar-refractivity contribution in [2.45, 2.75) is 38.6 Å². The van der Waals surface area contributed by atoms with E-state index in [1.165, 1.54) is 0 Å². The van der Waals surface area contributed by atoms with E-state index in [0.29, 0.717) is 11.7 Å². The van der Waals surface area contributed by atoms with Crippen LogP contribution >= 0.6 is 0 Å². The predicted octanol–water partition coefficient (Wildman–Crippen LogP) is 4.65. The van der Waals surface area contributed by atoms with Gasteiger partial charge in [0.05, 0.1) is 16.7 Å². The highest BCUT2D eigenvalue weighted by Gasteiger charge is 2.23. The van der Waals surface area contributed by atoms with Crippen LogP contribution in [0.15, 0.2) is 47.5 Å². The summed E-state index contributed by atoms with van der Waals surface area (Å²) in [5, 5.41) is 0.900. The number of aromatic nitrogens is 3. The molecule has 7 heteroatoms. The zero-order valence-electron chi connectivity index (χ0n) is 20.5. The molecule has 3 heterocycles. The average Bonchev–Trinajstić information content (AvgIpc) is 3.09. The topological polar surface area (TPSA) is 45.8 Å². The van der Waals surface area contributed by atoms with Crippen LogP contribution in [0.5, 0.6) is 0 Å². The number of nitrogens with zero attached hydrogens (tertiary/aromatic N) is 5. The standard InChI is InChI=1S/C27H32FN5O/c1-17(2)25-26-21-14-18(6-8-23(21)29-16-33(26)31(5)27(25)34)19-7-9-24(22(28)15-19)32-12-10-20(11-13-32)30(3)4/h6-9,14-17,20H,10-13H2,1-5H3. The molecule has 1 aliphatic rings. The Labute approximate surface area is 199 Å². The molecule has 178 valence electrons. The third-order valence-electron chi connectivity index (χ3n) is 7.28. The van der Waals surface area contributed by atoms with E-state index in [-0.39, 0.29) is 17.3 Å². The summed E-state index contributed by atoms with van der Waals surface area (Å²) in [5.74, 6) is -0.123. The van der Waals surface area contributed by atoms with Crippen LogP contribution < -0.4 is 10.5 Å². The SMILES string of the molecule is CC(C)c1c(=O)n(C)n2cnc3ccc(-c4ccc(N5CCC(N(C)C)CC5)c(F)c4)cc3c12. The first-order valence-electron chi connectivity index (χ1n) is 12.0. The van der Waals surface area contributed by atoms with Gasteiger partial charge in [0.1, 0.15) is 12.1 Å². The summed E-state index contributed by atoms with van der Waals surface area (Å²) in [5.41, 5.74) is 4.84. The van der Waals surface area contributed by atoms with Crippen molar-refractivity contribution in [3.05, 3.63) is 64.5 Å². The molecule has 1 aliphatic heterocycles. The van der Waals surface area contributed by atoms with Crippen LogP contribution in [-0.2, 0) is 7.05 Å². The highest BCUT2D eigenvalue weighted by Crippen LogP contribution is 2.32. The highest BCUT2D eigenvalue weighted by atomic mass is 19.1. The number of piperidine rings is 1. The summed E-state index contributed by atoms with van der Waals surface area (Å²) in [4.78, 5) is 21.8. The number of hydrogen-bond donors (Lipinski definition) is 0. The van der Waals surface area contributed by atoms with E-state index in [9.17, 15) is 4.79 Å². The molecule has 0 bridgehead atoms. The summed E-state index contributed by atoms with van der Waals surface area (Å²) >= 11 is 0. The van der Waals surface area contributed by atoms with Crippen LogP contribution in [0.25, 0.3) is 27.5 Å². The third-order valence-corrected chi connectivity index (χ3v) is 7.28. The molecule has 1 saturated heterocycles. The van der Waals surface area contributed by atoms with Gasteiger partial charge in [-0.25, -0.2) is 18.6 Å². The fourth-order valence-electron chi connectivity index (χ4n) is 5.27. The number of anilines is 1. The normalized spacial score (nSPS) is 15.4. The van der Waals surface area contributed by atoms with Crippen molar-refractivity contribution in [2.75, 3.05) is 32.1 Å². The van der Waals surface area contributed by atoms with Gasteiger partial charge in [-0.15, -0.1) is 0 Å². The van der Waals surface area contributed by atoms with Gasteiger partial charge in [0.2, 0.25) is 0 Å². The van der Waals surface area contributed by atoms with Gasteiger partial charge < -0.3 is 9.80 Å². The molecule has 0 saturated carbocycles. The largest absolute Gasteiger partial charge is 0.369 e. The van der Waals surface area contributed by atoms with Gasteiger partial charge in [-0.1, -0.05) is 26.0 Å². The van der Waals surface area contributed by atoms with E-state index in [0.717, 1.165) is 59.0 Å². The summed E-state index contributed by atoms with van der Waals surface area (Å²) in [6.45, 7) is 5.78. The Morgan fingerprint density at radius 2 is 1.74 bits per heavy atom. The third kappa shape index (κ3) is 3.68. The van der Waals surface area contributed by atoms with Crippen molar-refractivity contribution < 1.29 is 4.39 Å². The first-order chi connectivity index (χ1) is 16.3. The second kappa shape index (κ2) is 8.55. The molecule has 4 aromatic rings. The van der Waals surface area contributed by atoms with Gasteiger partial charge in [-0.2, -0.15) is 0 Å². The second-order valence-corrected chi connectivity index (χ2v) is 9.91. The molecule has 0 aliphatic carbocycles. The lowest BCUT2D eigenvalue weighted by Crippen LogP contribution is -2.42. The lowest BCUT2D eigenvalue weighted by molar-refractivity contribution is 0.249. The Morgan fingerprint density at radius 1 is 1.06 bits per heavy atom. The molecule has 0 unspecified atom stereocenters. The Balaban J connectivity index is 1.55. The Kier molecular flexibility index (Phi) is 5.68. The van der Waals surface area contributed by atoms with Gasteiger partial charge in [0.15, 0.2) is 0 Å². The molecular formula is C27H32FN5O. The van der Waals surface area contributed by atoms with Gasteiger partial charge in [0, 0.05) is 37.1 Å². The number of halogens is 1. The van der Waals surface area contributed by atoms with Gasteiger partial charge in [-0.3, -0.25) is 4.79 Å². The summed E-state index contributed by atoms with van der Waals surface area (Å²) in [6, 6.07) is 12.0. The number of rotatable bonds is 4. The monoisotopic (exact) mass is 461 g/mol. The maximum absolute atomic E-state index is 15.3. The Hall–Kier alpha value is -3.19. The van der Waals surface area contributed by atoms with Crippen LogP contribution in [0.1, 0.15) is 38.2 Å². The molecule has 0 spiro atoms. The van der Waals surface area contributed by atoms with E-state index in [1.807, 2.05) is 48.7 Å². The van der Waals surface area contributed by atoms with Crippen molar-refractivity contribution in [1.82, 2.24) is 19.1 Å². The minimum absolute atomic E-state index is 0.0110. The molecule has 6 nitrogen and oxygen atoms in total. The van der Waals surface area contributed by atoms with Crippen LogP contribution in [-0.4, -0.2) is 52.3 Å². The number of fused-ring (bicyclic) bond motifs is 3. The molecule has 5 rings (SSSR count). The predicted molar refractivity (Wildman–Crippen MR) is 136 cm³/mol. The first kappa shape index (κ1) is 22.6. The minimum Gasteiger partial charge on any atom is -0.369 e. The smallest absolute Gasteiger partial charge is 0.270 e. The minimum atomic E-state index is -0.198. The van der Waals surface area contributed by atoms with Crippen molar-refractivity contribution in [3.8, 4) is 11.1 Å². The summed E-state index contributed by atoms with van der Waals surface area (Å²) < 4.78 is 18.7. The van der Waals surface area contributed by atoms with Crippen molar-refractivity contribution in [3.63, 3.8) is 0 Å².